The van der Waals surface area contributed by atoms with Gasteiger partial charge >= 0.3 is 0 Å². The van der Waals surface area contributed by atoms with Crippen molar-refractivity contribution in [1.29, 1.82) is 0 Å². The highest BCUT2D eigenvalue weighted by atomic mass is 16.5. The van der Waals surface area contributed by atoms with E-state index < -0.39 is 0 Å². The Bertz CT molecular complexity index is 561. The van der Waals surface area contributed by atoms with Crippen LogP contribution in [0.1, 0.15) is 39.7 Å². The first-order chi connectivity index (χ1) is 13.5. The standard InChI is InChI=1S/C22H40N4O2/c1-7-23-22(24-13-12-21(18(3)4)27-8-2)25-17-19-10-9-11-20(16-19)28-15-14-26(5)6/h9-11,16,18,21H,7-8,12-15,17H2,1-6H3,(H2,23,24,25). The molecule has 0 heterocycles. The van der Waals surface area contributed by atoms with Gasteiger partial charge in [-0.05, 0) is 58.0 Å². The summed E-state index contributed by atoms with van der Waals surface area (Å²) in [7, 11) is 4.09. The van der Waals surface area contributed by atoms with Gasteiger partial charge in [-0.1, -0.05) is 26.0 Å². The summed E-state index contributed by atoms with van der Waals surface area (Å²) in [6.07, 6.45) is 1.24. The molecule has 0 radical (unpaired) electrons. The lowest BCUT2D eigenvalue weighted by molar-refractivity contribution is 0.0258. The maximum Gasteiger partial charge on any atom is 0.191 e. The van der Waals surface area contributed by atoms with Gasteiger partial charge in [0.25, 0.3) is 0 Å². The number of nitrogens with one attached hydrogen (secondary N) is 2. The van der Waals surface area contributed by atoms with Gasteiger partial charge in [0.2, 0.25) is 0 Å². The molecule has 0 amide bonds. The van der Waals surface area contributed by atoms with Crippen LogP contribution in [0.25, 0.3) is 0 Å². The van der Waals surface area contributed by atoms with Crippen LogP contribution in [-0.4, -0.2) is 63.9 Å². The molecule has 1 rings (SSSR count). The molecule has 1 aromatic carbocycles. The average molecular weight is 393 g/mol. The summed E-state index contributed by atoms with van der Waals surface area (Å²) in [5.74, 6) is 2.24. The van der Waals surface area contributed by atoms with Crippen LogP contribution in [0, 0.1) is 5.92 Å². The van der Waals surface area contributed by atoms with E-state index in [1.807, 2.05) is 33.2 Å². The Morgan fingerprint density at radius 3 is 2.61 bits per heavy atom. The van der Waals surface area contributed by atoms with Crippen molar-refractivity contribution in [2.45, 2.75) is 46.8 Å². The van der Waals surface area contributed by atoms with Gasteiger partial charge in [0, 0.05) is 26.2 Å². The number of guanidine groups is 1. The van der Waals surface area contributed by atoms with E-state index in [-0.39, 0.29) is 6.10 Å². The number of rotatable bonds is 13. The molecule has 1 atom stereocenters. The fraction of sp³-hybridized carbons (Fsp3) is 0.682. The van der Waals surface area contributed by atoms with Crippen LogP contribution in [-0.2, 0) is 11.3 Å². The van der Waals surface area contributed by atoms with Crippen LogP contribution in [0.15, 0.2) is 29.3 Å². The van der Waals surface area contributed by atoms with Crippen molar-refractivity contribution in [3.8, 4) is 5.75 Å². The zero-order valence-corrected chi connectivity index (χ0v) is 18.6. The fourth-order valence-corrected chi connectivity index (χ4v) is 2.75. The topological polar surface area (TPSA) is 58.1 Å². The summed E-state index contributed by atoms with van der Waals surface area (Å²) >= 11 is 0. The summed E-state index contributed by atoms with van der Waals surface area (Å²) in [5.41, 5.74) is 1.13. The van der Waals surface area contributed by atoms with Crippen LogP contribution in [0.2, 0.25) is 0 Å². The number of likely N-dealkylation sites (N-methyl/N-ethyl adjacent to an activating group) is 1. The molecule has 28 heavy (non-hydrogen) atoms. The van der Waals surface area contributed by atoms with Crippen molar-refractivity contribution in [2.75, 3.05) is 46.9 Å². The average Bonchev–Trinajstić information content (AvgIpc) is 2.65. The monoisotopic (exact) mass is 392 g/mol. The van der Waals surface area contributed by atoms with E-state index in [0.717, 1.165) is 49.9 Å². The number of benzene rings is 1. The van der Waals surface area contributed by atoms with Gasteiger partial charge in [-0.15, -0.1) is 0 Å². The smallest absolute Gasteiger partial charge is 0.191 e. The van der Waals surface area contributed by atoms with Gasteiger partial charge in [-0.2, -0.15) is 0 Å². The van der Waals surface area contributed by atoms with Gasteiger partial charge in [0.15, 0.2) is 5.96 Å². The molecule has 0 fully saturated rings. The molecule has 0 spiro atoms. The molecule has 0 bridgehead atoms. The lowest BCUT2D eigenvalue weighted by Crippen LogP contribution is -2.39. The predicted molar refractivity (Wildman–Crippen MR) is 118 cm³/mol. The van der Waals surface area contributed by atoms with Crippen molar-refractivity contribution in [2.24, 2.45) is 10.9 Å². The summed E-state index contributed by atoms with van der Waals surface area (Å²) in [6, 6.07) is 8.15. The molecule has 0 aliphatic carbocycles. The summed E-state index contributed by atoms with van der Waals surface area (Å²) in [5, 5.41) is 6.73. The van der Waals surface area contributed by atoms with E-state index in [1.165, 1.54) is 0 Å². The third-order valence-corrected chi connectivity index (χ3v) is 4.32. The zero-order chi connectivity index (χ0) is 20.8. The molecule has 6 nitrogen and oxygen atoms in total. The first-order valence-corrected chi connectivity index (χ1v) is 10.5. The summed E-state index contributed by atoms with van der Waals surface area (Å²) in [6.45, 7) is 13.1. The minimum atomic E-state index is 0.274. The molecule has 0 saturated carbocycles. The first-order valence-electron chi connectivity index (χ1n) is 10.5. The maximum absolute atomic E-state index is 5.82. The number of ether oxygens (including phenoxy) is 2. The Labute approximate surface area is 171 Å². The first kappa shape index (κ1) is 24.2. The largest absolute Gasteiger partial charge is 0.492 e. The second-order valence-electron chi connectivity index (χ2n) is 7.45. The Morgan fingerprint density at radius 1 is 1.18 bits per heavy atom. The van der Waals surface area contributed by atoms with Gasteiger partial charge in [-0.3, -0.25) is 0 Å². The SMILES string of the molecule is CCNC(=NCc1cccc(OCCN(C)C)c1)NCCC(OCC)C(C)C. The molecule has 0 aliphatic rings. The van der Waals surface area contributed by atoms with Gasteiger partial charge in [0.05, 0.1) is 12.6 Å². The van der Waals surface area contributed by atoms with Crippen molar-refractivity contribution < 1.29 is 9.47 Å². The van der Waals surface area contributed by atoms with Crippen LogP contribution in [0.4, 0.5) is 0 Å². The van der Waals surface area contributed by atoms with Gasteiger partial charge in [-0.25, -0.2) is 4.99 Å². The molecule has 0 aromatic heterocycles. The lowest BCUT2D eigenvalue weighted by atomic mass is 10.0. The number of hydrogen-bond acceptors (Lipinski definition) is 4. The van der Waals surface area contributed by atoms with E-state index in [9.17, 15) is 0 Å². The molecular weight excluding hydrogens is 352 g/mol. The van der Waals surface area contributed by atoms with Crippen LogP contribution in [0.3, 0.4) is 0 Å². The van der Waals surface area contributed by atoms with Crippen LogP contribution < -0.4 is 15.4 Å². The van der Waals surface area contributed by atoms with E-state index >= 15 is 0 Å². The summed E-state index contributed by atoms with van der Waals surface area (Å²) < 4.78 is 11.6. The van der Waals surface area contributed by atoms with E-state index in [1.54, 1.807) is 0 Å². The van der Waals surface area contributed by atoms with Crippen molar-refractivity contribution in [3.63, 3.8) is 0 Å². The second kappa shape index (κ2) is 14.2. The third kappa shape index (κ3) is 10.5. The number of hydrogen-bond donors (Lipinski definition) is 2. The molecule has 0 aliphatic heterocycles. The Hall–Kier alpha value is -1.79. The van der Waals surface area contributed by atoms with Gasteiger partial charge < -0.3 is 25.0 Å². The number of aliphatic imine (C=N–C) groups is 1. The van der Waals surface area contributed by atoms with Crippen molar-refractivity contribution in [1.82, 2.24) is 15.5 Å². The minimum absolute atomic E-state index is 0.274. The molecule has 2 N–H and O–H groups in total. The number of nitrogens with zero attached hydrogens (tertiary/aromatic N) is 2. The highest BCUT2D eigenvalue weighted by molar-refractivity contribution is 5.79. The molecule has 1 unspecified atom stereocenters. The van der Waals surface area contributed by atoms with E-state index in [2.05, 4.69) is 48.4 Å². The van der Waals surface area contributed by atoms with E-state index in [0.29, 0.717) is 19.1 Å². The van der Waals surface area contributed by atoms with Crippen LogP contribution in [0.5, 0.6) is 5.75 Å². The molecule has 6 heteroatoms. The second-order valence-corrected chi connectivity index (χ2v) is 7.45. The van der Waals surface area contributed by atoms with Crippen molar-refractivity contribution >= 4 is 5.96 Å². The van der Waals surface area contributed by atoms with Gasteiger partial charge in [0.1, 0.15) is 12.4 Å². The zero-order valence-electron chi connectivity index (χ0n) is 18.6. The Morgan fingerprint density at radius 2 is 1.96 bits per heavy atom. The van der Waals surface area contributed by atoms with E-state index in [4.69, 9.17) is 14.5 Å². The fourth-order valence-electron chi connectivity index (χ4n) is 2.75. The highest BCUT2D eigenvalue weighted by Gasteiger charge is 2.12. The Balaban J connectivity index is 2.56. The maximum atomic E-state index is 5.82. The van der Waals surface area contributed by atoms with Crippen LogP contribution >= 0.6 is 0 Å². The molecular formula is C22H40N4O2. The molecule has 1 aromatic rings. The minimum Gasteiger partial charge on any atom is -0.492 e. The third-order valence-electron chi connectivity index (χ3n) is 4.32. The quantitative estimate of drug-likeness (QED) is 0.399. The predicted octanol–water partition coefficient (Wildman–Crippen LogP) is 3.13. The normalized spacial score (nSPS) is 13.1. The Kier molecular flexibility index (Phi) is 12.3. The van der Waals surface area contributed by atoms with Crippen molar-refractivity contribution in [3.05, 3.63) is 29.8 Å². The summed E-state index contributed by atoms with van der Waals surface area (Å²) in [4.78, 5) is 6.82. The highest BCUT2D eigenvalue weighted by Crippen LogP contribution is 2.14. The molecule has 160 valence electrons. The lowest BCUT2D eigenvalue weighted by Gasteiger charge is -2.21. The molecule has 0 saturated heterocycles.